The molecule has 4 heteroatoms. The lowest BCUT2D eigenvalue weighted by Gasteiger charge is -2.03. The van der Waals surface area contributed by atoms with Gasteiger partial charge >= 0.3 is 0 Å². The quantitative estimate of drug-likeness (QED) is 0.691. The predicted molar refractivity (Wildman–Crippen MR) is 41.5 cm³/mol. The van der Waals surface area contributed by atoms with Gasteiger partial charge in [0.05, 0.1) is 0 Å². The lowest BCUT2D eigenvalue weighted by Crippen LogP contribution is -2.13. The van der Waals surface area contributed by atoms with Gasteiger partial charge in [-0.05, 0) is 19.9 Å². The van der Waals surface area contributed by atoms with Gasteiger partial charge in [0, 0.05) is 16.8 Å². The summed E-state index contributed by atoms with van der Waals surface area (Å²) in [4.78, 5) is 13.4. The summed E-state index contributed by atoms with van der Waals surface area (Å²) in [6.45, 7) is 2.96. The van der Waals surface area contributed by atoms with Crippen LogP contribution in [0.5, 0.6) is 0 Å². The van der Waals surface area contributed by atoms with Gasteiger partial charge in [-0.25, -0.2) is 8.78 Å². The fourth-order valence-corrected chi connectivity index (χ4v) is 1.01. The molecule has 0 fully saturated rings. The van der Waals surface area contributed by atoms with Gasteiger partial charge in [-0.3, -0.25) is 4.79 Å². The van der Waals surface area contributed by atoms with E-state index in [0.29, 0.717) is 5.69 Å². The van der Waals surface area contributed by atoms with E-state index in [2.05, 4.69) is 4.98 Å². The van der Waals surface area contributed by atoms with Gasteiger partial charge in [0.1, 0.15) is 0 Å². The molecule has 1 aromatic rings. The van der Waals surface area contributed by atoms with Crippen molar-refractivity contribution in [2.24, 2.45) is 0 Å². The highest BCUT2D eigenvalue weighted by atomic mass is 19.3. The minimum absolute atomic E-state index is 0.0931. The second-order valence-electron chi connectivity index (χ2n) is 2.66. The third-order valence-electron chi connectivity index (χ3n) is 1.69. The van der Waals surface area contributed by atoms with Crippen molar-refractivity contribution in [1.82, 2.24) is 4.98 Å². The van der Waals surface area contributed by atoms with Crippen molar-refractivity contribution in [1.29, 1.82) is 0 Å². The molecule has 0 aliphatic rings. The van der Waals surface area contributed by atoms with Crippen molar-refractivity contribution < 1.29 is 8.78 Å². The Morgan fingerprint density at radius 2 is 2.00 bits per heavy atom. The summed E-state index contributed by atoms with van der Waals surface area (Å²) in [6, 6.07) is 1.29. The van der Waals surface area contributed by atoms with Crippen LogP contribution < -0.4 is 5.56 Å². The molecule has 12 heavy (non-hydrogen) atoms. The van der Waals surface area contributed by atoms with Gasteiger partial charge in [0.25, 0.3) is 12.0 Å². The van der Waals surface area contributed by atoms with Crippen molar-refractivity contribution in [2.75, 3.05) is 0 Å². The number of hydrogen-bond acceptors (Lipinski definition) is 1. The Labute approximate surface area is 68.2 Å². The van der Waals surface area contributed by atoms with Gasteiger partial charge in [-0.2, -0.15) is 0 Å². The molecule has 0 atom stereocenters. The molecule has 66 valence electrons. The Kier molecular flexibility index (Phi) is 2.26. The molecule has 0 saturated carbocycles. The molecule has 0 aliphatic carbocycles. The SMILES string of the molecule is Cc1cc(C(F)F)c(C)c(=O)[nH]1. The number of pyridine rings is 1. The number of halogens is 2. The highest BCUT2D eigenvalue weighted by Crippen LogP contribution is 2.20. The van der Waals surface area contributed by atoms with Crippen LogP contribution in [0.15, 0.2) is 10.9 Å². The average Bonchev–Trinajstić information content (AvgIpc) is 1.96. The third kappa shape index (κ3) is 1.52. The number of rotatable bonds is 1. The lowest BCUT2D eigenvalue weighted by atomic mass is 10.1. The summed E-state index contributed by atoms with van der Waals surface area (Å²) in [5.74, 6) is 0. The van der Waals surface area contributed by atoms with E-state index in [4.69, 9.17) is 0 Å². The van der Waals surface area contributed by atoms with E-state index >= 15 is 0 Å². The minimum Gasteiger partial charge on any atom is -0.326 e. The van der Waals surface area contributed by atoms with E-state index in [1.165, 1.54) is 13.0 Å². The topological polar surface area (TPSA) is 32.9 Å². The zero-order valence-corrected chi connectivity index (χ0v) is 6.82. The van der Waals surface area contributed by atoms with E-state index in [9.17, 15) is 13.6 Å². The van der Waals surface area contributed by atoms with Crippen LogP contribution in [-0.4, -0.2) is 4.98 Å². The summed E-state index contributed by atoms with van der Waals surface area (Å²) in [6.07, 6.45) is -2.58. The fraction of sp³-hybridized carbons (Fsp3) is 0.375. The maximum atomic E-state index is 12.2. The molecular weight excluding hydrogens is 164 g/mol. The summed E-state index contributed by atoms with van der Waals surface area (Å²) in [5.41, 5.74) is -0.0712. The molecular formula is C8H9F2NO. The van der Waals surface area contributed by atoms with Crippen LogP contribution in [0.3, 0.4) is 0 Å². The molecule has 0 bridgehead atoms. The first kappa shape index (κ1) is 8.90. The molecule has 0 amide bonds. The number of H-pyrrole nitrogens is 1. The second kappa shape index (κ2) is 3.05. The van der Waals surface area contributed by atoms with Crippen LogP contribution in [-0.2, 0) is 0 Å². The van der Waals surface area contributed by atoms with Crippen LogP contribution in [0.1, 0.15) is 23.2 Å². The zero-order chi connectivity index (χ0) is 9.30. The van der Waals surface area contributed by atoms with E-state index in [-0.39, 0.29) is 11.1 Å². The molecule has 2 nitrogen and oxygen atoms in total. The first-order chi connectivity index (χ1) is 5.52. The van der Waals surface area contributed by atoms with E-state index in [1.807, 2.05) is 0 Å². The van der Waals surface area contributed by atoms with Gasteiger partial charge in [-0.15, -0.1) is 0 Å². The third-order valence-corrected chi connectivity index (χ3v) is 1.69. The monoisotopic (exact) mass is 173 g/mol. The Morgan fingerprint density at radius 1 is 1.42 bits per heavy atom. The van der Waals surface area contributed by atoms with Crippen molar-refractivity contribution >= 4 is 0 Å². The number of alkyl halides is 2. The molecule has 1 rings (SSSR count). The lowest BCUT2D eigenvalue weighted by molar-refractivity contribution is 0.150. The Balaban J connectivity index is 3.38. The summed E-state index contributed by atoms with van der Waals surface area (Å²) in [5, 5.41) is 0. The molecule has 1 N–H and O–H groups in total. The van der Waals surface area contributed by atoms with Crippen LogP contribution in [0, 0.1) is 13.8 Å². The van der Waals surface area contributed by atoms with Gasteiger partial charge in [-0.1, -0.05) is 0 Å². The van der Waals surface area contributed by atoms with E-state index < -0.39 is 12.0 Å². The smallest absolute Gasteiger partial charge is 0.264 e. The fourth-order valence-electron chi connectivity index (χ4n) is 1.01. The summed E-state index contributed by atoms with van der Waals surface area (Å²) < 4.78 is 24.5. The first-order valence-electron chi connectivity index (χ1n) is 3.51. The van der Waals surface area contributed by atoms with Gasteiger partial charge in [0.15, 0.2) is 0 Å². The highest BCUT2D eigenvalue weighted by Gasteiger charge is 2.12. The minimum atomic E-state index is -2.58. The molecule has 1 aromatic heterocycles. The van der Waals surface area contributed by atoms with Crippen molar-refractivity contribution in [3.05, 3.63) is 33.2 Å². The number of aromatic amines is 1. The van der Waals surface area contributed by atoms with Gasteiger partial charge in [0.2, 0.25) is 0 Å². The van der Waals surface area contributed by atoms with Crippen molar-refractivity contribution in [2.45, 2.75) is 20.3 Å². The first-order valence-corrected chi connectivity index (χ1v) is 3.51. The molecule has 0 radical (unpaired) electrons. The van der Waals surface area contributed by atoms with Crippen LogP contribution in [0.4, 0.5) is 8.78 Å². The van der Waals surface area contributed by atoms with Crippen LogP contribution >= 0.6 is 0 Å². The molecule has 0 unspecified atom stereocenters. The highest BCUT2D eigenvalue weighted by molar-refractivity contribution is 5.25. The summed E-state index contributed by atoms with van der Waals surface area (Å²) >= 11 is 0. The molecule has 1 heterocycles. The number of aryl methyl sites for hydroxylation is 1. The Hall–Kier alpha value is -1.19. The van der Waals surface area contributed by atoms with Crippen LogP contribution in [0.2, 0.25) is 0 Å². The predicted octanol–water partition coefficient (Wildman–Crippen LogP) is 1.93. The van der Waals surface area contributed by atoms with Gasteiger partial charge < -0.3 is 4.98 Å². The largest absolute Gasteiger partial charge is 0.326 e. The van der Waals surface area contributed by atoms with Crippen molar-refractivity contribution in [3.63, 3.8) is 0 Å². The zero-order valence-electron chi connectivity index (χ0n) is 6.82. The van der Waals surface area contributed by atoms with E-state index in [0.717, 1.165) is 0 Å². The molecule has 0 spiro atoms. The van der Waals surface area contributed by atoms with E-state index in [1.54, 1.807) is 6.92 Å². The standard InChI is InChI=1S/C8H9F2NO/c1-4-3-6(7(9)10)5(2)8(12)11-4/h3,7H,1-2H3,(H,11,12). The number of nitrogens with one attached hydrogen (secondary N) is 1. The maximum absolute atomic E-state index is 12.2. The van der Waals surface area contributed by atoms with Crippen molar-refractivity contribution in [3.8, 4) is 0 Å². The number of hydrogen-bond donors (Lipinski definition) is 1. The maximum Gasteiger partial charge on any atom is 0.264 e. The number of aromatic nitrogens is 1. The Morgan fingerprint density at radius 3 is 2.50 bits per heavy atom. The normalized spacial score (nSPS) is 10.8. The molecule has 0 saturated heterocycles. The molecule has 0 aliphatic heterocycles. The second-order valence-corrected chi connectivity index (χ2v) is 2.66. The summed E-state index contributed by atoms with van der Waals surface area (Å²) in [7, 11) is 0. The molecule has 0 aromatic carbocycles. The Bertz CT molecular complexity index is 343. The van der Waals surface area contributed by atoms with Crippen LogP contribution in [0.25, 0.3) is 0 Å². The average molecular weight is 173 g/mol.